The largest absolute Gasteiger partial charge is 0.228 e. The molecule has 19 heavy (non-hydrogen) atoms. The molecule has 0 spiro atoms. The molecule has 0 radical (unpaired) electrons. The summed E-state index contributed by atoms with van der Waals surface area (Å²) < 4.78 is 24.5. The van der Waals surface area contributed by atoms with Gasteiger partial charge in [0.1, 0.15) is 4.75 Å². The fourth-order valence-electron chi connectivity index (χ4n) is 3.07. The second-order valence-corrected chi connectivity index (χ2v) is 7.32. The van der Waals surface area contributed by atoms with E-state index >= 15 is 0 Å². The third-order valence-electron chi connectivity index (χ3n) is 3.95. The molecule has 3 rings (SSSR count). The van der Waals surface area contributed by atoms with Crippen molar-refractivity contribution in [3.63, 3.8) is 0 Å². The molecule has 2 nitrogen and oxygen atoms in total. The molecule has 0 saturated carbocycles. The van der Waals surface area contributed by atoms with Gasteiger partial charge in [0.25, 0.3) is 0 Å². The van der Waals surface area contributed by atoms with E-state index in [0.717, 1.165) is 17.5 Å². The Balaban J connectivity index is 2.30. The lowest BCUT2D eigenvalue weighted by Crippen LogP contribution is -2.33. The maximum Gasteiger partial charge on any atom is 0.164 e. The summed E-state index contributed by atoms with van der Waals surface area (Å²) in [6.45, 7) is 0. The molecule has 0 unspecified atom stereocenters. The van der Waals surface area contributed by atoms with Crippen LogP contribution in [0.5, 0.6) is 0 Å². The summed E-state index contributed by atoms with van der Waals surface area (Å²) in [5.74, 6) is 0.275. The van der Waals surface area contributed by atoms with Gasteiger partial charge < -0.3 is 0 Å². The molecule has 2 aromatic carbocycles. The summed E-state index contributed by atoms with van der Waals surface area (Å²) in [4.78, 5) is 0. The van der Waals surface area contributed by atoms with Crippen LogP contribution >= 0.6 is 0 Å². The maximum absolute atomic E-state index is 12.7. The van der Waals surface area contributed by atoms with Crippen molar-refractivity contribution in [2.75, 3.05) is 5.75 Å². The molecule has 0 amide bonds. The van der Waals surface area contributed by atoms with Gasteiger partial charge in [0.15, 0.2) is 9.84 Å². The van der Waals surface area contributed by atoms with E-state index in [9.17, 15) is 8.42 Å². The Bertz CT molecular complexity index is 621. The molecular formula is C16H16O2S. The molecule has 3 heteroatoms. The molecule has 0 aromatic heterocycles. The van der Waals surface area contributed by atoms with Crippen LogP contribution in [0, 0.1) is 0 Å². The van der Waals surface area contributed by atoms with Gasteiger partial charge in [-0.25, -0.2) is 8.42 Å². The van der Waals surface area contributed by atoms with Crippen LogP contribution in [0.15, 0.2) is 60.7 Å². The zero-order valence-corrected chi connectivity index (χ0v) is 11.4. The first kappa shape index (κ1) is 12.4. The van der Waals surface area contributed by atoms with Crippen molar-refractivity contribution >= 4 is 9.84 Å². The minimum Gasteiger partial charge on any atom is -0.228 e. The van der Waals surface area contributed by atoms with Gasteiger partial charge in [-0.05, 0) is 24.0 Å². The van der Waals surface area contributed by atoms with E-state index in [1.807, 2.05) is 60.7 Å². The van der Waals surface area contributed by atoms with Crippen LogP contribution in [0.1, 0.15) is 24.0 Å². The molecule has 1 aliphatic heterocycles. The first-order valence-electron chi connectivity index (χ1n) is 6.50. The topological polar surface area (TPSA) is 34.1 Å². The van der Waals surface area contributed by atoms with Crippen LogP contribution in [0.2, 0.25) is 0 Å². The molecular weight excluding hydrogens is 256 g/mol. The van der Waals surface area contributed by atoms with Crippen LogP contribution in [0.3, 0.4) is 0 Å². The maximum atomic E-state index is 12.7. The Morgan fingerprint density at radius 3 is 1.63 bits per heavy atom. The number of benzene rings is 2. The number of rotatable bonds is 2. The monoisotopic (exact) mass is 272 g/mol. The van der Waals surface area contributed by atoms with Gasteiger partial charge >= 0.3 is 0 Å². The highest BCUT2D eigenvalue weighted by Crippen LogP contribution is 2.46. The molecule has 0 aliphatic carbocycles. The highest BCUT2D eigenvalue weighted by Gasteiger charge is 2.50. The van der Waals surface area contributed by atoms with Crippen molar-refractivity contribution in [3.05, 3.63) is 71.8 Å². The highest BCUT2D eigenvalue weighted by atomic mass is 32.2. The Morgan fingerprint density at radius 2 is 1.26 bits per heavy atom. The minimum atomic E-state index is -3.15. The third kappa shape index (κ3) is 1.80. The van der Waals surface area contributed by atoms with E-state index < -0.39 is 14.6 Å². The van der Waals surface area contributed by atoms with Crippen molar-refractivity contribution in [3.8, 4) is 0 Å². The Kier molecular flexibility index (Phi) is 2.94. The van der Waals surface area contributed by atoms with E-state index in [4.69, 9.17) is 0 Å². The second-order valence-electron chi connectivity index (χ2n) is 4.98. The summed E-state index contributed by atoms with van der Waals surface area (Å²) in [6.07, 6.45) is 1.40. The fraction of sp³-hybridized carbons (Fsp3) is 0.250. The highest BCUT2D eigenvalue weighted by molar-refractivity contribution is 7.92. The predicted molar refractivity (Wildman–Crippen MR) is 76.7 cm³/mol. The SMILES string of the molecule is O=S1(=O)CCCC1(c1ccccc1)c1ccccc1. The van der Waals surface area contributed by atoms with Crippen LogP contribution in [-0.2, 0) is 14.6 Å². The average Bonchev–Trinajstić information content (AvgIpc) is 2.77. The minimum absolute atomic E-state index is 0.275. The third-order valence-corrected chi connectivity index (χ3v) is 6.52. The smallest absolute Gasteiger partial charge is 0.164 e. The van der Waals surface area contributed by atoms with Crippen molar-refractivity contribution in [2.24, 2.45) is 0 Å². The normalized spacial score (nSPS) is 20.2. The van der Waals surface area contributed by atoms with Gasteiger partial charge in [-0.3, -0.25) is 0 Å². The lowest BCUT2D eigenvalue weighted by atomic mass is 9.87. The van der Waals surface area contributed by atoms with Crippen LogP contribution in [0.25, 0.3) is 0 Å². The zero-order valence-electron chi connectivity index (χ0n) is 10.6. The molecule has 0 atom stereocenters. The molecule has 2 aromatic rings. The van der Waals surface area contributed by atoms with Crippen molar-refractivity contribution in [1.82, 2.24) is 0 Å². The van der Waals surface area contributed by atoms with E-state index in [-0.39, 0.29) is 5.75 Å². The van der Waals surface area contributed by atoms with Crippen molar-refractivity contribution < 1.29 is 8.42 Å². The van der Waals surface area contributed by atoms with Gasteiger partial charge in [-0.1, -0.05) is 60.7 Å². The first-order chi connectivity index (χ1) is 9.17. The lowest BCUT2D eigenvalue weighted by Gasteiger charge is -2.29. The number of hydrogen-bond acceptors (Lipinski definition) is 2. The number of hydrogen-bond donors (Lipinski definition) is 0. The first-order valence-corrected chi connectivity index (χ1v) is 8.15. The van der Waals surface area contributed by atoms with E-state index in [1.165, 1.54) is 0 Å². The zero-order chi connectivity index (χ0) is 13.3. The summed E-state index contributed by atoms with van der Waals surface area (Å²) in [5.41, 5.74) is 1.78. The Labute approximate surface area is 114 Å². The summed E-state index contributed by atoms with van der Waals surface area (Å²) in [6, 6.07) is 19.2. The fourth-order valence-corrected chi connectivity index (χ4v) is 5.39. The standard InChI is InChI=1S/C16H16O2S/c17-19(18)13-7-12-16(19,14-8-3-1-4-9-14)15-10-5-2-6-11-15/h1-6,8-11H,7,12-13H2. The molecule has 0 N–H and O–H groups in total. The molecule has 1 aliphatic rings. The predicted octanol–water partition coefficient (Wildman–Crippen LogP) is 3.14. The summed E-state index contributed by atoms with van der Waals surface area (Å²) in [7, 11) is -3.15. The summed E-state index contributed by atoms with van der Waals surface area (Å²) >= 11 is 0. The quantitative estimate of drug-likeness (QED) is 0.841. The molecule has 98 valence electrons. The molecule has 1 fully saturated rings. The van der Waals surface area contributed by atoms with Gasteiger partial charge in [0, 0.05) is 0 Å². The molecule has 0 bridgehead atoms. The van der Waals surface area contributed by atoms with Gasteiger partial charge in [-0.15, -0.1) is 0 Å². The van der Waals surface area contributed by atoms with Crippen molar-refractivity contribution in [1.29, 1.82) is 0 Å². The summed E-state index contributed by atoms with van der Waals surface area (Å²) in [5, 5.41) is 0. The van der Waals surface area contributed by atoms with Crippen LogP contribution in [0.4, 0.5) is 0 Å². The van der Waals surface area contributed by atoms with Crippen LogP contribution < -0.4 is 0 Å². The van der Waals surface area contributed by atoms with Gasteiger partial charge in [-0.2, -0.15) is 0 Å². The average molecular weight is 272 g/mol. The Morgan fingerprint density at radius 1 is 0.789 bits per heavy atom. The Hall–Kier alpha value is -1.61. The lowest BCUT2D eigenvalue weighted by molar-refractivity contribution is 0.565. The van der Waals surface area contributed by atoms with E-state index in [2.05, 4.69) is 0 Å². The van der Waals surface area contributed by atoms with Crippen LogP contribution in [-0.4, -0.2) is 14.2 Å². The molecule has 1 saturated heterocycles. The van der Waals surface area contributed by atoms with E-state index in [0.29, 0.717) is 6.42 Å². The number of sulfone groups is 1. The second kappa shape index (κ2) is 4.49. The van der Waals surface area contributed by atoms with E-state index in [1.54, 1.807) is 0 Å². The van der Waals surface area contributed by atoms with Gasteiger partial charge in [0.2, 0.25) is 0 Å². The van der Waals surface area contributed by atoms with Gasteiger partial charge in [0.05, 0.1) is 5.75 Å². The molecule has 1 heterocycles. The van der Waals surface area contributed by atoms with Crippen molar-refractivity contribution in [2.45, 2.75) is 17.6 Å².